The lowest BCUT2D eigenvalue weighted by Gasteiger charge is -2.13. The van der Waals surface area contributed by atoms with E-state index in [4.69, 9.17) is 20.1 Å². The maximum absolute atomic E-state index is 13.8. The van der Waals surface area contributed by atoms with E-state index in [1.807, 2.05) is 0 Å². The van der Waals surface area contributed by atoms with Crippen molar-refractivity contribution in [2.75, 3.05) is 32.9 Å². The Bertz CT molecular complexity index is 1020. The zero-order valence-corrected chi connectivity index (χ0v) is 16.8. The Morgan fingerprint density at radius 1 is 1.10 bits per heavy atom. The second kappa shape index (κ2) is 8.82. The van der Waals surface area contributed by atoms with Gasteiger partial charge in [0.25, 0.3) is 0 Å². The molecule has 0 unspecified atom stereocenters. The summed E-state index contributed by atoms with van der Waals surface area (Å²) in [5.41, 5.74) is 0.606. The number of hydrogen-bond donors (Lipinski definition) is 1. The van der Waals surface area contributed by atoms with Gasteiger partial charge in [-0.3, -0.25) is 4.79 Å². The number of aromatic nitrogens is 3. The monoisotopic (exact) mass is 418 g/mol. The van der Waals surface area contributed by atoms with Gasteiger partial charge in [-0.15, -0.1) is 10.2 Å². The van der Waals surface area contributed by atoms with E-state index in [2.05, 4.69) is 10.2 Å². The molecule has 152 valence electrons. The SMILES string of the molecule is COc1cc(-c2nnc(SCC(=O)c3ccccc3F)n2N)cc(OC)c1OC. The Morgan fingerprint density at radius 3 is 2.34 bits per heavy atom. The van der Waals surface area contributed by atoms with Crippen molar-refractivity contribution >= 4 is 17.5 Å². The highest BCUT2D eigenvalue weighted by Gasteiger charge is 2.20. The Kier molecular flexibility index (Phi) is 6.23. The molecular weight excluding hydrogens is 399 g/mol. The van der Waals surface area contributed by atoms with Gasteiger partial charge < -0.3 is 20.1 Å². The first-order valence-electron chi connectivity index (χ1n) is 8.41. The van der Waals surface area contributed by atoms with Crippen molar-refractivity contribution < 1.29 is 23.4 Å². The largest absolute Gasteiger partial charge is 0.493 e. The van der Waals surface area contributed by atoms with Crippen LogP contribution in [0.15, 0.2) is 41.6 Å². The van der Waals surface area contributed by atoms with Crippen molar-refractivity contribution in [1.82, 2.24) is 14.9 Å². The van der Waals surface area contributed by atoms with E-state index < -0.39 is 5.82 Å². The van der Waals surface area contributed by atoms with Crippen molar-refractivity contribution in [3.8, 4) is 28.6 Å². The number of ketones is 1. The van der Waals surface area contributed by atoms with Gasteiger partial charge in [0.2, 0.25) is 10.9 Å². The molecule has 0 aliphatic heterocycles. The van der Waals surface area contributed by atoms with Gasteiger partial charge in [0.1, 0.15) is 5.82 Å². The Hall–Kier alpha value is -3.27. The number of hydrogen-bond acceptors (Lipinski definition) is 8. The van der Waals surface area contributed by atoms with Gasteiger partial charge in [0.15, 0.2) is 23.1 Å². The first-order valence-corrected chi connectivity index (χ1v) is 9.40. The van der Waals surface area contributed by atoms with Crippen molar-refractivity contribution in [3.05, 3.63) is 47.8 Å². The number of methoxy groups -OCH3 is 3. The average molecular weight is 418 g/mol. The topological polar surface area (TPSA) is 101 Å². The lowest BCUT2D eigenvalue weighted by atomic mass is 10.1. The molecule has 0 aliphatic rings. The molecule has 2 aromatic carbocycles. The molecule has 3 aromatic rings. The molecule has 0 atom stereocenters. The highest BCUT2D eigenvalue weighted by atomic mass is 32.2. The zero-order valence-electron chi connectivity index (χ0n) is 16.0. The molecule has 1 heterocycles. The van der Waals surface area contributed by atoms with Crippen molar-refractivity contribution in [3.63, 3.8) is 0 Å². The fraction of sp³-hybridized carbons (Fsp3) is 0.211. The summed E-state index contributed by atoms with van der Waals surface area (Å²) in [4.78, 5) is 12.3. The summed E-state index contributed by atoms with van der Waals surface area (Å²) >= 11 is 1.06. The molecular formula is C19H19FN4O4S. The molecule has 2 N–H and O–H groups in total. The number of thioether (sulfide) groups is 1. The number of halogens is 1. The van der Waals surface area contributed by atoms with Crippen LogP contribution in [0.4, 0.5) is 4.39 Å². The fourth-order valence-electron chi connectivity index (χ4n) is 2.68. The maximum atomic E-state index is 13.8. The van der Waals surface area contributed by atoms with Crippen LogP contribution in [-0.4, -0.2) is 47.7 Å². The average Bonchev–Trinajstić information content (AvgIpc) is 3.11. The van der Waals surface area contributed by atoms with E-state index in [1.54, 1.807) is 18.2 Å². The maximum Gasteiger partial charge on any atom is 0.210 e. The number of Topliss-reactive ketones (excluding diaryl/α,β-unsaturated/α-hetero) is 1. The van der Waals surface area contributed by atoms with Crippen molar-refractivity contribution in [1.29, 1.82) is 0 Å². The molecule has 0 fully saturated rings. The summed E-state index contributed by atoms with van der Waals surface area (Å²) in [7, 11) is 4.51. The summed E-state index contributed by atoms with van der Waals surface area (Å²) in [5.74, 6) is 6.80. The van der Waals surface area contributed by atoms with E-state index >= 15 is 0 Å². The Morgan fingerprint density at radius 2 is 1.76 bits per heavy atom. The standard InChI is InChI=1S/C19H19FN4O4S/c1-26-15-8-11(9-16(27-2)17(15)28-3)18-22-23-19(24(18)21)29-10-14(25)12-6-4-5-7-13(12)20/h4-9H,10,21H2,1-3H3. The number of ether oxygens (including phenoxy) is 3. The minimum absolute atomic E-state index is 0.0212. The number of benzene rings is 2. The smallest absolute Gasteiger partial charge is 0.210 e. The molecule has 29 heavy (non-hydrogen) atoms. The number of carbonyl (C=O) groups excluding carboxylic acids is 1. The van der Waals surface area contributed by atoms with Gasteiger partial charge in [0.05, 0.1) is 32.6 Å². The molecule has 1 aromatic heterocycles. The van der Waals surface area contributed by atoms with E-state index in [9.17, 15) is 9.18 Å². The third kappa shape index (κ3) is 4.11. The second-order valence-electron chi connectivity index (χ2n) is 5.78. The van der Waals surface area contributed by atoms with Crippen LogP contribution in [0.25, 0.3) is 11.4 Å². The quantitative estimate of drug-likeness (QED) is 0.339. The lowest BCUT2D eigenvalue weighted by molar-refractivity contribution is 0.101. The molecule has 3 rings (SSSR count). The highest BCUT2D eigenvalue weighted by molar-refractivity contribution is 7.99. The van der Waals surface area contributed by atoms with Crippen LogP contribution in [0, 0.1) is 5.82 Å². The third-order valence-corrected chi connectivity index (χ3v) is 5.04. The van der Waals surface area contributed by atoms with Crippen LogP contribution >= 0.6 is 11.8 Å². The third-order valence-electron chi connectivity index (χ3n) is 4.09. The fourth-order valence-corrected chi connectivity index (χ4v) is 3.42. The van der Waals surface area contributed by atoms with Crippen LogP contribution in [0.1, 0.15) is 10.4 Å². The minimum atomic E-state index is -0.564. The van der Waals surface area contributed by atoms with Crippen LogP contribution in [0.5, 0.6) is 17.2 Å². The molecule has 0 aliphatic carbocycles. The number of carbonyl (C=O) groups is 1. The summed E-state index contributed by atoms with van der Waals surface area (Å²) in [6.45, 7) is 0. The molecule has 0 spiro atoms. The predicted octanol–water partition coefficient (Wildman–Crippen LogP) is 2.80. The highest BCUT2D eigenvalue weighted by Crippen LogP contribution is 2.40. The van der Waals surface area contributed by atoms with Crippen molar-refractivity contribution in [2.24, 2.45) is 0 Å². The minimum Gasteiger partial charge on any atom is -0.493 e. The van der Waals surface area contributed by atoms with Crippen LogP contribution in [-0.2, 0) is 0 Å². The van der Waals surface area contributed by atoms with Gasteiger partial charge in [-0.1, -0.05) is 23.9 Å². The number of nitrogens with zero attached hydrogens (tertiary/aromatic N) is 3. The molecule has 0 saturated heterocycles. The molecule has 0 radical (unpaired) electrons. The van der Waals surface area contributed by atoms with Gasteiger partial charge in [-0.05, 0) is 24.3 Å². The molecule has 8 nitrogen and oxygen atoms in total. The van der Waals surface area contributed by atoms with Crippen LogP contribution in [0.3, 0.4) is 0 Å². The van der Waals surface area contributed by atoms with Gasteiger partial charge >= 0.3 is 0 Å². The zero-order chi connectivity index (χ0) is 21.0. The van der Waals surface area contributed by atoms with Gasteiger partial charge in [0, 0.05) is 5.56 Å². The van der Waals surface area contributed by atoms with E-state index in [0.717, 1.165) is 11.8 Å². The number of nitrogen functional groups attached to an aromatic ring is 1. The first-order chi connectivity index (χ1) is 14.0. The predicted molar refractivity (Wildman–Crippen MR) is 107 cm³/mol. The summed E-state index contributed by atoms with van der Waals surface area (Å²) in [5, 5.41) is 8.42. The number of nitrogens with two attached hydrogens (primary N) is 1. The van der Waals surface area contributed by atoms with Crippen LogP contribution < -0.4 is 20.1 Å². The summed E-state index contributed by atoms with van der Waals surface area (Å²) in [6, 6.07) is 9.19. The lowest BCUT2D eigenvalue weighted by Crippen LogP contribution is -2.13. The molecule has 0 bridgehead atoms. The Balaban J connectivity index is 1.84. The molecule has 0 amide bonds. The summed E-state index contributed by atoms with van der Waals surface area (Å²) < 4.78 is 31.0. The molecule has 10 heteroatoms. The second-order valence-corrected chi connectivity index (χ2v) is 6.72. The first kappa shape index (κ1) is 20.5. The van der Waals surface area contributed by atoms with Crippen molar-refractivity contribution in [2.45, 2.75) is 5.16 Å². The van der Waals surface area contributed by atoms with Gasteiger partial charge in [-0.25, -0.2) is 9.07 Å². The van der Waals surface area contributed by atoms with Crippen LogP contribution in [0.2, 0.25) is 0 Å². The van der Waals surface area contributed by atoms with E-state index in [1.165, 1.54) is 44.2 Å². The van der Waals surface area contributed by atoms with Gasteiger partial charge in [-0.2, -0.15) is 0 Å². The van der Waals surface area contributed by atoms with E-state index in [0.29, 0.717) is 33.8 Å². The van der Waals surface area contributed by atoms with E-state index in [-0.39, 0.29) is 17.1 Å². The normalized spacial score (nSPS) is 10.6. The Labute approximate surface area is 170 Å². The summed E-state index contributed by atoms with van der Waals surface area (Å²) in [6.07, 6.45) is 0. The number of rotatable bonds is 8. The molecule has 0 saturated carbocycles.